The van der Waals surface area contributed by atoms with Crippen LogP contribution in [0.2, 0.25) is 0 Å². The standard InChI is InChI=1S/C35H40O12/c1-20(36)42-19-34-25(43-21(2)37)17-18-33(6,41)35(34)28(44-22(3)38)26(32(4,5)47-35)27(45-30(39)23-13-9-7-10-14-23)29(34)46-31(40)24-15-11-8-12-16-24/h7-16,25-29,41H,17-19H2,1-6H3/t25?,26-,27?,28?,29?,33-,34+,35+/m1/s1. The van der Waals surface area contributed by atoms with Crippen molar-refractivity contribution in [1.29, 1.82) is 0 Å². The fraction of sp³-hybridized carbons (Fsp3) is 0.514. The predicted octanol–water partition coefficient (Wildman–Crippen LogP) is 3.57. The van der Waals surface area contributed by atoms with E-state index in [9.17, 15) is 29.1 Å². The third-order valence-corrected chi connectivity index (χ3v) is 9.68. The molecule has 12 nitrogen and oxygen atoms in total. The van der Waals surface area contributed by atoms with Gasteiger partial charge < -0.3 is 33.5 Å². The van der Waals surface area contributed by atoms with Crippen LogP contribution in [0.1, 0.15) is 75.1 Å². The maximum absolute atomic E-state index is 13.9. The van der Waals surface area contributed by atoms with Crippen molar-refractivity contribution in [2.24, 2.45) is 11.3 Å². The lowest BCUT2D eigenvalue weighted by molar-refractivity contribution is -0.348. The minimum absolute atomic E-state index is 0.00438. The Morgan fingerprint density at radius 3 is 1.79 bits per heavy atom. The van der Waals surface area contributed by atoms with Crippen molar-refractivity contribution in [1.82, 2.24) is 0 Å². The van der Waals surface area contributed by atoms with Crippen LogP contribution < -0.4 is 0 Å². The molecule has 0 amide bonds. The van der Waals surface area contributed by atoms with E-state index in [0.717, 1.165) is 6.92 Å². The van der Waals surface area contributed by atoms with E-state index in [1.165, 1.54) is 32.9 Å². The summed E-state index contributed by atoms with van der Waals surface area (Å²) in [6.45, 7) is 7.74. The Kier molecular flexibility index (Phi) is 8.97. The minimum Gasteiger partial charge on any atom is -0.465 e. The van der Waals surface area contributed by atoms with E-state index in [0.29, 0.717) is 0 Å². The number of carbonyl (C=O) groups excluding carboxylic acids is 5. The topological polar surface area (TPSA) is 161 Å². The molecule has 3 aliphatic rings. The van der Waals surface area contributed by atoms with Gasteiger partial charge in [0.1, 0.15) is 30.3 Å². The van der Waals surface area contributed by atoms with Gasteiger partial charge in [-0.3, -0.25) is 14.4 Å². The van der Waals surface area contributed by atoms with Crippen LogP contribution in [-0.2, 0) is 42.8 Å². The average Bonchev–Trinajstić information content (AvgIpc) is 3.20. The fourth-order valence-corrected chi connectivity index (χ4v) is 8.01. The normalized spacial score (nSPS) is 33.5. The summed E-state index contributed by atoms with van der Waals surface area (Å²) >= 11 is 0. The number of hydrogen-bond acceptors (Lipinski definition) is 12. The van der Waals surface area contributed by atoms with Gasteiger partial charge in [-0.15, -0.1) is 0 Å². The quantitative estimate of drug-likeness (QED) is 0.327. The Labute approximate surface area is 272 Å². The van der Waals surface area contributed by atoms with Crippen LogP contribution in [0.15, 0.2) is 60.7 Å². The van der Waals surface area contributed by atoms with Crippen LogP contribution in [0, 0.1) is 11.3 Å². The van der Waals surface area contributed by atoms with E-state index in [1.807, 2.05) is 0 Å². The molecule has 4 unspecified atom stereocenters. The van der Waals surface area contributed by atoms with E-state index in [2.05, 4.69) is 0 Å². The smallest absolute Gasteiger partial charge is 0.338 e. The highest BCUT2D eigenvalue weighted by Gasteiger charge is 2.87. The number of hydrogen-bond donors (Lipinski definition) is 1. The van der Waals surface area contributed by atoms with Gasteiger partial charge in [-0.25, -0.2) is 9.59 Å². The van der Waals surface area contributed by atoms with E-state index >= 15 is 0 Å². The monoisotopic (exact) mass is 652 g/mol. The van der Waals surface area contributed by atoms with Crippen molar-refractivity contribution < 1.29 is 57.5 Å². The molecule has 2 bridgehead atoms. The van der Waals surface area contributed by atoms with Crippen molar-refractivity contribution in [2.75, 3.05) is 6.61 Å². The summed E-state index contributed by atoms with van der Waals surface area (Å²) in [7, 11) is 0. The van der Waals surface area contributed by atoms with Crippen LogP contribution in [-0.4, -0.2) is 82.8 Å². The van der Waals surface area contributed by atoms with Gasteiger partial charge in [0.05, 0.1) is 28.2 Å². The summed E-state index contributed by atoms with van der Waals surface area (Å²) in [5, 5.41) is 12.4. The number of aliphatic hydroxyl groups is 1. The Balaban J connectivity index is 1.84. The molecule has 3 fully saturated rings. The molecule has 47 heavy (non-hydrogen) atoms. The maximum atomic E-state index is 13.9. The van der Waals surface area contributed by atoms with Gasteiger partial charge >= 0.3 is 29.8 Å². The molecule has 252 valence electrons. The summed E-state index contributed by atoms with van der Waals surface area (Å²) < 4.78 is 37.1. The molecule has 1 heterocycles. The number of carbonyl (C=O) groups is 5. The van der Waals surface area contributed by atoms with Gasteiger partial charge in [-0.2, -0.15) is 0 Å². The molecular formula is C35H40O12. The van der Waals surface area contributed by atoms with Gasteiger partial charge in [0, 0.05) is 20.8 Å². The molecule has 2 aliphatic carbocycles. The zero-order chi connectivity index (χ0) is 34.4. The largest absolute Gasteiger partial charge is 0.465 e. The molecule has 2 aromatic carbocycles. The number of benzene rings is 2. The Hall–Kier alpha value is -4.29. The van der Waals surface area contributed by atoms with E-state index in [1.54, 1.807) is 62.4 Å². The Morgan fingerprint density at radius 2 is 1.28 bits per heavy atom. The van der Waals surface area contributed by atoms with Crippen LogP contribution in [0.5, 0.6) is 0 Å². The molecule has 5 rings (SSSR count). The third-order valence-electron chi connectivity index (χ3n) is 9.68. The first-order chi connectivity index (χ1) is 22.1. The molecule has 2 aromatic rings. The average molecular weight is 653 g/mol. The second-order valence-corrected chi connectivity index (χ2v) is 13.2. The summed E-state index contributed by atoms with van der Waals surface area (Å²) in [6.07, 6.45) is -5.64. The van der Waals surface area contributed by atoms with Gasteiger partial charge in [0.15, 0.2) is 11.7 Å². The molecule has 1 aliphatic heterocycles. The Bertz CT molecular complexity index is 1540. The van der Waals surface area contributed by atoms with Crippen molar-refractivity contribution in [3.8, 4) is 0 Å². The number of fused-ring (bicyclic) bond motifs is 1. The van der Waals surface area contributed by atoms with E-state index in [-0.39, 0.29) is 24.0 Å². The second-order valence-electron chi connectivity index (χ2n) is 13.2. The lowest BCUT2D eigenvalue weighted by Gasteiger charge is -2.65. The second kappa shape index (κ2) is 12.4. The highest BCUT2D eigenvalue weighted by molar-refractivity contribution is 5.90. The van der Waals surface area contributed by atoms with E-state index in [4.69, 9.17) is 28.4 Å². The lowest BCUT2D eigenvalue weighted by Crippen LogP contribution is -2.83. The molecule has 0 radical (unpaired) electrons. The summed E-state index contributed by atoms with van der Waals surface area (Å²) in [5.41, 5.74) is -6.87. The molecule has 1 saturated heterocycles. The molecule has 2 saturated carbocycles. The molecule has 1 N–H and O–H groups in total. The van der Waals surface area contributed by atoms with Crippen molar-refractivity contribution in [3.05, 3.63) is 71.8 Å². The fourth-order valence-electron chi connectivity index (χ4n) is 8.01. The molecular weight excluding hydrogens is 612 g/mol. The summed E-state index contributed by atoms with van der Waals surface area (Å²) in [5.74, 6) is -4.86. The molecule has 0 aromatic heterocycles. The maximum Gasteiger partial charge on any atom is 0.338 e. The summed E-state index contributed by atoms with van der Waals surface area (Å²) in [6, 6.07) is 16.2. The highest BCUT2D eigenvalue weighted by Crippen LogP contribution is 2.69. The first-order valence-electron chi connectivity index (χ1n) is 15.5. The number of ether oxygens (including phenoxy) is 6. The molecule has 12 heteroatoms. The first kappa shape index (κ1) is 34.1. The van der Waals surface area contributed by atoms with E-state index < -0.39 is 89.0 Å². The van der Waals surface area contributed by atoms with Crippen molar-refractivity contribution in [3.63, 3.8) is 0 Å². The minimum atomic E-state index is -2.02. The van der Waals surface area contributed by atoms with Gasteiger partial charge in [-0.1, -0.05) is 36.4 Å². The zero-order valence-electron chi connectivity index (χ0n) is 27.2. The number of esters is 5. The van der Waals surface area contributed by atoms with Gasteiger partial charge in [0.2, 0.25) is 0 Å². The third kappa shape index (κ3) is 5.67. The van der Waals surface area contributed by atoms with Crippen LogP contribution in [0.25, 0.3) is 0 Å². The van der Waals surface area contributed by atoms with Gasteiger partial charge in [-0.05, 0) is 57.9 Å². The summed E-state index contributed by atoms with van der Waals surface area (Å²) in [4.78, 5) is 65.8. The first-order valence-corrected chi connectivity index (χ1v) is 15.5. The van der Waals surface area contributed by atoms with Crippen molar-refractivity contribution in [2.45, 2.75) is 95.6 Å². The lowest BCUT2D eigenvalue weighted by atomic mass is 9.46. The number of rotatable bonds is 8. The van der Waals surface area contributed by atoms with Crippen molar-refractivity contribution >= 4 is 29.8 Å². The predicted molar refractivity (Wildman–Crippen MR) is 163 cm³/mol. The molecule has 1 spiro atoms. The zero-order valence-corrected chi connectivity index (χ0v) is 27.2. The highest BCUT2D eigenvalue weighted by atomic mass is 16.6. The van der Waals surface area contributed by atoms with Gasteiger partial charge in [0.25, 0.3) is 0 Å². The molecule has 8 atom stereocenters. The SMILES string of the molecule is CC(=O)OC[C@@]12C(OC(C)=O)CC[C@@](C)(O)[C@]13OC(C)(C)[C@H](C(OC(=O)c1ccccc1)C2OC(=O)c1ccccc1)C3OC(C)=O. The van der Waals surface area contributed by atoms with Crippen LogP contribution >= 0.6 is 0 Å². The Morgan fingerprint density at radius 1 is 0.745 bits per heavy atom. The van der Waals surface area contributed by atoms with Crippen LogP contribution in [0.3, 0.4) is 0 Å². The van der Waals surface area contributed by atoms with Crippen LogP contribution in [0.4, 0.5) is 0 Å².